The molecule has 0 aliphatic rings. The number of nitrogens with two attached hydrogens (primary N) is 1. The molecule has 1 rings (SSSR count). The van der Waals surface area contributed by atoms with E-state index in [2.05, 4.69) is 10.6 Å². The highest BCUT2D eigenvalue weighted by atomic mass is 16.6. The highest BCUT2D eigenvalue weighted by molar-refractivity contribution is 5.78. The van der Waals surface area contributed by atoms with Gasteiger partial charge in [0.15, 0.2) is 0 Å². The summed E-state index contributed by atoms with van der Waals surface area (Å²) in [6.07, 6.45) is 0.521. The van der Waals surface area contributed by atoms with Crippen LogP contribution in [0.4, 0.5) is 10.5 Å². The molecule has 6 nitrogen and oxygen atoms in total. The highest BCUT2D eigenvalue weighted by Gasteiger charge is 2.15. The topological polar surface area (TPSA) is 93.5 Å². The Balaban J connectivity index is 2.13. The number of nitrogens with one attached hydrogen (secondary N) is 2. The van der Waals surface area contributed by atoms with Crippen LogP contribution in [0, 0.1) is 0 Å². The average molecular weight is 307 g/mol. The number of anilines is 1. The fraction of sp³-hybridized carbons (Fsp3) is 0.500. The van der Waals surface area contributed by atoms with Gasteiger partial charge in [-0.25, -0.2) is 4.79 Å². The molecule has 4 N–H and O–H groups in total. The zero-order valence-corrected chi connectivity index (χ0v) is 13.4. The Morgan fingerprint density at radius 2 is 1.68 bits per heavy atom. The van der Waals surface area contributed by atoms with E-state index in [1.807, 2.05) is 32.9 Å². The monoisotopic (exact) mass is 307 g/mol. The summed E-state index contributed by atoms with van der Waals surface area (Å²) in [6.45, 7) is 6.39. The predicted molar refractivity (Wildman–Crippen MR) is 86.4 cm³/mol. The summed E-state index contributed by atoms with van der Waals surface area (Å²) in [5.74, 6) is -0.0537. The van der Waals surface area contributed by atoms with Crippen LogP contribution in [0.3, 0.4) is 0 Å². The van der Waals surface area contributed by atoms with Crippen molar-refractivity contribution in [1.82, 2.24) is 10.6 Å². The third kappa shape index (κ3) is 8.14. The van der Waals surface area contributed by atoms with Crippen LogP contribution in [0.2, 0.25) is 0 Å². The molecule has 0 radical (unpaired) electrons. The summed E-state index contributed by atoms with van der Waals surface area (Å²) in [5, 5.41) is 5.45. The Morgan fingerprint density at radius 1 is 1.09 bits per heavy atom. The SMILES string of the molecule is CC(C)(C)OC(=O)NCCCNC(=O)Cc1ccc(N)cc1. The van der Waals surface area contributed by atoms with Crippen molar-refractivity contribution in [2.24, 2.45) is 0 Å². The lowest BCUT2D eigenvalue weighted by Gasteiger charge is -2.19. The van der Waals surface area contributed by atoms with Crippen LogP contribution in [-0.4, -0.2) is 30.7 Å². The smallest absolute Gasteiger partial charge is 0.407 e. The number of benzene rings is 1. The molecule has 1 aromatic carbocycles. The van der Waals surface area contributed by atoms with Gasteiger partial charge in [0.25, 0.3) is 0 Å². The van der Waals surface area contributed by atoms with Crippen LogP contribution >= 0.6 is 0 Å². The molecule has 1 aromatic rings. The Hall–Kier alpha value is -2.24. The number of rotatable bonds is 6. The first-order valence-corrected chi connectivity index (χ1v) is 7.34. The fourth-order valence-electron chi connectivity index (χ4n) is 1.70. The van der Waals surface area contributed by atoms with Crippen LogP contribution < -0.4 is 16.4 Å². The summed E-state index contributed by atoms with van der Waals surface area (Å²) in [5.41, 5.74) is 6.68. The number of carbonyl (C=O) groups excluding carboxylic acids is 2. The van der Waals surface area contributed by atoms with E-state index in [9.17, 15) is 9.59 Å². The van der Waals surface area contributed by atoms with Gasteiger partial charge in [0.1, 0.15) is 5.60 Å². The van der Waals surface area contributed by atoms with Crippen molar-refractivity contribution >= 4 is 17.7 Å². The molecular formula is C16H25N3O3. The maximum absolute atomic E-state index is 11.7. The molecule has 0 unspecified atom stereocenters. The number of hydrogen-bond acceptors (Lipinski definition) is 4. The minimum absolute atomic E-state index is 0.0537. The van der Waals surface area contributed by atoms with Crippen molar-refractivity contribution in [2.75, 3.05) is 18.8 Å². The summed E-state index contributed by atoms with van der Waals surface area (Å²) in [6, 6.07) is 7.21. The lowest BCUT2D eigenvalue weighted by Crippen LogP contribution is -2.34. The largest absolute Gasteiger partial charge is 0.444 e. The molecule has 2 amide bonds. The predicted octanol–water partition coefficient (Wildman–Crippen LogP) is 1.84. The molecule has 0 saturated carbocycles. The van der Waals surface area contributed by atoms with E-state index in [-0.39, 0.29) is 5.91 Å². The van der Waals surface area contributed by atoms with Crippen LogP contribution in [-0.2, 0) is 16.0 Å². The zero-order chi connectivity index (χ0) is 16.6. The van der Waals surface area contributed by atoms with Gasteiger partial charge >= 0.3 is 6.09 Å². The fourth-order valence-corrected chi connectivity index (χ4v) is 1.70. The molecule has 0 saturated heterocycles. The lowest BCUT2D eigenvalue weighted by molar-refractivity contribution is -0.120. The van der Waals surface area contributed by atoms with Gasteiger partial charge in [-0.15, -0.1) is 0 Å². The van der Waals surface area contributed by atoms with Crippen molar-refractivity contribution in [3.05, 3.63) is 29.8 Å². The second-order valence-corrected chi connectivity index (χ2v) is 6.05. The summed E-state index contributed by atoms with van der Waals surface area (Å²) in [7, 11) is 0. The molecular weight excluding hydrogens is 282 g/mol. The molecule has 0 fully saturated rings. The van der Waals surface area contributed by atoms with Gasteiger partial charge in [0.2, 0.25) is 5.91 Å². The van der Waals surface area contributed by atoms with Gasteiger partial charge in [0.05, 0.1) is 6.42 Å². The van der Waals surface area contributed by atoms with E-state index in [4.69, 9.17) is 10.5 Å². The molecule has 0 spiro atoms. The Morgan fingerprint density at radius 3 is 2.27 bits per heavy atom. The molecule has 0 aliphatic carbocycles. The van der Waals surface area contributed by atoms with Crippen molar-refractivity contribution < 1.29 is 14.3 Å². The van der Waals surface area contributed by atoms with Crippen molar-refractivity contribution in [3.63, 3.8) is 0 Å². The Labute approximate surface area is 131 Å². The quantitative estimate of drug-likeness (QED) is 0.552. The van der Waals surface area contributed by atoms with Crippen LogP contribution in [0.5, 0.6) is 0 Å². The molecule has 22 heavy (non-hydrogen) atoms. The maximum atomic E-state index is 11.7. The lowest BCUT2D eigenvalue weighted by atomic mass is 10.1. The van der Waals surface area contributed by atoms with Crippen LogP contribution in [0.1, 0.15) is 32.8 Å². The number of hydrogen-bond donors (Lipinski definition) is 3. The second-order valence-electron chi connectivity index (χ2n) is 6.05. The zero-order valence-electron chi connectivity index (χ0n) is 13.4. The summed E-state index contributed by atoms with van der Waals surface area (Å²) >= 11 is 0. The third-order valence-corrected chi connectivity index (χ3v) is 2.69. The van der Waals surface area contributed by atoms with E-state index in [0.717, 1.165) is 5.56 Å². The molecule has 0 aliphatic heterocycles. The minimum atomic E-state index is -0.503. The number of amides is 2. The molecule has 0 aromatic heterocycles. The van der Waals surface area contributed by atoms with Gasteiger partial charge in [-0.05, 0) is 44.9 Å². The standard InChI is InChI=1S/C16H25N3O3/c1-16(2,3)22-15(21)19-10-4-9-18-14(20)11-12-5-7-13(17)8-6-12/h5-8H,4,9-11,17H2,1-3H3,(H,18,20)(H,19,21). The minimum Gasteiger partial charge on any atom is -0.444 e. The van der Waals surface area contributed by atoms with Gasteiger partial charge in [-0.1, -0.05) is 12.1 Å². The average Bonchev–Trinajstić information content (AvgIpc) is 2.39. The summed E-state index contributed by atoms with van der Waals surface area (Å²) < 4.78 is 5.11. The highest BCUT2D eigenvalue weighted by Crippen LogP contribution is 2.06. The van der Waals surface area contributed by atoms with E-state index in [1.54, 1.807) is 12.1 Å². The van der Waals surface area contributed by atoms with Crippen molar-refractivity contribution in [2.45, 2.75) is 39.2 Å². The van der Waals surface area contributed by atoms with Crippen molar-refractivity contribution in [3.8, 4) is 0 Å². The van der Waals surface area contributed by atoms with E-state index >= 15 is 0 Å². The van der Waals surface area contributed by atoms with E-state index < -0.39 is 11.7 Å². The van der Waals surface area contributed by atoms with Crippen LogP contribution in [0.25, 0.3) is 0 Å². The first-order valence-electron chi connectivity index (χ1n) is 7.34. The number of alkyl carbamates (subject to hydrolysis) is 1. The third-order valence-electron chi connectivity index (χ3n) is 2.69. The van der Waals surface area contributed by atoms with Gasteiger partial charge in [-0.3, -0.25) is 4.79 Å². The van der Waals surface area contributed by atoms with Gasteiger partial charge < -0.3 is 21.1 Å². The first-order chi connectivity index (χ1) is 10.3. The summed E-state index contributed by atoms with van der Waals surface area (Å²) in [4.78, 5) is 23.1. The Bertz CT molecular complexity index is 492. The maximum Gasteiger partial charge on any atom is 0.407 e. The number of carbonyl (C=O) groups is 2. The van der Waals surface area contributed by atoms with Crippen molar-refractivity contribution in [1.29, 1.82) is 0 Å². The molecule has 6 heteroatoms. The molecule has 0 atom stereocenters. The van der Waals surface area contributed by atoms with E-state index in [0.29, 0.717) is 31.6 Å². The Kier molecular flexibility index (Phi) is 6.69. The normalized spacial score (nSPS) is 10.9. The molecule has 0 bridgehead atoms. The molecule has 122 valence electrons. The van der Waals surface area contributed by atoms with Crippen LogP contribution in [0.15, 0.2) is 24.3 Å². The van der Waals surface area contributed by atoms with Gasteiger partial charge in [-0.2, -0.15) is 0 Å². The molecule has 0 heterocycles. The van der Waals surface area contributed by atoms with Gasteiger partial charge in [0, 0.05) is 18.8 Å². The van der Waals surface area contributed by atoms with E-state index in [1.165, 1.54) is 0 Å². The number of nitrogen functional groups attached to an aromatic ring is 1. The second kappa shape index (κ2) is 8.26. The number of ether oxygens (including phenoxy) is 1. The first kappa shape index (κ1) is 17.8.